The fraction of sp³-hybridized carbons (Fsp3) is 0.500. The third kappa shape index (κ3) is 3.56. The summed E-state index contributed by atoms with van der Waals surface area (Å²) >= 11 is 0. The van der Waals surface area contributed by atoms with Gasteiger partial charge in [0.2, 0.25) is 0 Å². The molecule has 0 aromatic rings. The molecule has 0 amide bonds. The molecule has 1 rings (SSSR count). The minimum Gasteiger partial charge on any atom is -0.333 e. The number of hydrogen-bond donors (Lipinski definition) is 1. The van der Waals surface area contributed by atoms with E-state index in [0.29, 0.717) is 0 Å². The Balaban J connectivity index is 0.000000222. The van der Waals surface area contributed by atoms with Crippen LogP contribution in [0.4, 0.5) is 0 Å². The van der Waals surface area contributed by atoms with Gasteiger partial charge in [-0.2, -0.15) is 0 Å². The Bertz CT molecular complexity index is 72.5. The summed E-state index contributed by atoms with van der Waals surface area (Å²) in [7, 11) is 1.50. The van der Waals surface area contributed by atoms with Crippen LogP contribution in [0.5, 0.6) is 0 Å². The molecule has 0 bridgehead atoms. The highest BCUT2D eigenvalue weighted by Gasteiger charge is 1.78. The molecule has 8 heavy (non-hydrogen) atoms. The third-order valence-corrected chi connectivity index (χ3v) is 0.752. The van der Waals surface area contributed by atoms with Crippen molar-refractivity contribution in [3.05, 3.63) is 12.2 Å². The van der Waals surface area contributed by atoms with Crippen LogP contribution in [0, 0.1) is 0 Å². The van der Waals surface area contributed by atoms with Crippen LogP contribution in [-0.2, 0) is 0 Å². The highest BCUT2D eigenvalue weighted by molar-refractivity contribution is 5.71. The highest BCUT2D eigenvalue weighted by atomic mass is 14.7. The fourth-order valence-electron chi connectivity index (χ4n) is 0.442. The quantitative estimate of drug-likeness (QED) is 0.489. The van der Waals surface area contributed by atoms with Gasteiger partial charge in [-0.25, -0.2) is 0 Å². The Morgan fingerprint density at radius 3 is 2.38 bits per heavy atom. The lowest BCUT2D eigenvalue weighted by Gasteiger charge is -1.88. The Kier molecular flexibility index (Phi) is 5.87. The van der Waals surface area contributed by atoms with Crippen molar-refractivity contribution < 1.29 is 0 Å². The first-order valence-electron chi connectivity index (χ1n) is 2.73. The van der Waals surface area contributed by atoms with Crippen LogP contribution in [0.15, 0.2) is 17.1 Å². The van der Waals surface area contributed by atoms with E-state index in [-0.39, 0.29) is 0 Å². The zero-order valence-electron chi connectivity index (χ0n) is 5.17. The van der Waals surface area contributed by atoms with Crippen LogP contribution in [0.1, 0.15) is 6.42 Å². The number of rotatable bonds is 0. The Hall–Kier alpha value is -0.630. The molecular formula is C6H12N2. The molecule has 2 N–H and O–H groups in total. The Morgan fingerprint density at radius 2 is 2.25 bits per heavy atom. The molecule has 1 aliphatic rings. The molecule has 0 unspecified atom stereocenters. The molecule has 0 fully saturated rings. The predicted molar refractivity (Wildman–Crippen MR) is 37.2 cm³/mol. The van der Waals surface area contributed by atoms with Crippen molar-refractivity contribution in [3.8, 4) is 0 Å². The van der Waals surface area contributed by atoms with Gasteiger partial charge in [0.25, 0.3) is 0 Å². The molecule has 1 heterocycles. The van der Waals surface area contributed by atoms with E-state index in [9.17, 15) is 0 Å². The van der Waals surface area contributed by atoms with Crippen molar-refractivity contribution in [2.24, 2.45) is 10.7 Å². The molecule has 0 saturated carbocycles. The van der Waals surface area contributed by atoms with Crippen molar-refractivity contribution >= 4 is 6.21 Å². The molecule has 2 nitrogen and oxygen atoms in total. The maximum Gasteiger partial charge on any atom is 0.0423 e. The molecule has 0 aromatic heterocycles. The Morgan fingerprint density at radius 1 is 1.50 bits per heavy atom. The molecule has 0 radical (unpaired) electrons. The molecule has 2 heteroatoms. The van der Waals surface area contributed by atoms with Crippen molar-refractivity contribution in [2.45, 2.75) is 6.42 Å². The van der Waals surface area contributed by atoms with Crippen LogP contribution in [0.2, 0.25) is 0 Å². The van der Waals surface area contributed by atoms with Crippen LogP contribution >= 0.6 is 0 Å². The van der Waals surface area contributed by atoms with Crippen molar-refractivity contribution in [2.75, 3.05) is 13.6 Å². The molecular weight excluding hydrogens is 100 g/mol. The Labute approximate surface area is 50.1 Å². The first kappa shape index (κ1) is 7.37. The first-order valence-corrected chi connectivity index (χ1v) is 2.73. The number of hydrogen-bond acceptors (Lipinski definition) is 2. The molecule has 0 saturated heterocycles. The summed E-state index contributed by atoms with van der Waals surface area (Å²) < 4.78 is 0. The standard InChI is InChI=1S/C5H7N.CH5N/c1-2-4-6-5-3-1;1-2/h1-2,4H,3,5H2;2H2,1H3. The molecule has 1 aliphatic heterocycles. The van der Waals surface area contributed by atoms with Gasteiger partial charge in [-0.1, -0.05) is 6.08 Å². The van der Waals surface area contributed by atoms with Crippen molar-refractivity contribution in [1.29, 1.82) is 0 Å². The summed E-state index contributed by atoms with van der Waals surface area (Å²) in [4.78, 5) is 3.97. The summed E-state index contributed by atoms with van der Waals surface area (Å²) in [5.74, 6) is 0. The summed E-state index contributed by atoms with van der Waals surface area (Å²) in [5.41, 5.74) is 4.50. The smallest absolute Gasteiger partial charge is 0.0423 e. The summed E-state index contributed by atoms with van der Waals surface area (Å²) in [6.45, 7) is 0.983. The number of allylic oxidation sites excluding steroid dienone is 1. The van der Waals surface area contributed by atoms with Gasteiger partial charge in [0.05, 0.1) is 0 Å². The maximum absolute atomic E-state index is 4.50. The lowest BCUT2D eigenvalue weighted by atomic mass is 10.3. The average Bonchev–Trinajstić information content (AvgIpc) is 1.96. The van der Waals surface area contributed by atoms with E-state index < -0.39 is 0 Å². The second-order valence-corrected chi connectivity index (χ2v) is 1.27. The van der Waals surface area contributed by atoms with Gasteiger partial charge in [-0.05, 0) is 19.5 Å². The van der Waals surface area contributed by atoms with Gasteiger partial charge < -0.3 is 5.73 Å². The molecule has 0 aromatic carbocycles. The number of nitrogens with two attached hydrogens (primary N) is 1. The fourth-order valence-corrected chi connectivity index (χ4v) is 0.442. The number of nitrogens with zero attached hydrogens (tertiary/aromatic N) is 1. The maximum atomic E-state index is 4.50. The van der Waals surface area contributed by atoms with E-state index in [4.69, 9.17) is 0 Å². The monoisotopic (exact) mass is 112 g/mol. The van der Waals surface area contributed by atoms with E-state index >= 15 is 0 Å². The van der Waals surface area contributed by atoms with Gasteiger partial charge in [-0.3, -0.25) is 4.99 Å². The largest absolute Gasteiger partial charge is 0.333 e. The minimum absolute atomic E-state index is 0.983. The second kappa shape index (κ2) is 6.37. The van der Waals surface area contributed by atoms with Gasteiger partial charge in [0, 0.05) is 12.8 Å². The second-order valence-electron chi connectivity index (χ2n) is 1.27. The molecule has 46 valence electrons. The van der Waals surface area contributed by atoms with Gasteiger partial charge in [0.15, 0.2) is 0 Å². The van der Waals surface area contributed by atoms with Crippen LogP contribution < -0.4 is 5.73 Å². The summed E-state index contributed by atoms with van der Waals surface area (Å²) in [6.07, 6.45) is 7.05. The average molecular weight is 112 g/mol. The predicted octanol–water partition coefficient (Wildman–Crippen LogP) is 0.592. The molecule has 0 spiro atoms. The van der Waals surface area contributed by atoms with E-state index in [1.165, 1.54) is 7.05 Å². The SMILES string of the molecule is C1=CCCN=C1.CN. The van der Waals surface area contributed by atoms with E-state index in [1.807, 2.05) is 12.3 Å². The number of dihydropyridines is 1. The minimum atomic E-state index is 0.983. The van der Waals surface area contributed by atoms with Crippen LogP contribution in [0.25, 0.3) is 0 Å². The summed E-state index contributed by atoms with van der Waals surface area (Å²) in [6, 6.07) is 0. The zero-order chi connectivity index (χ0) is 6.24. The van der Waals surface area contributed by atoms with Crippen LogP contribution in [-0.4, -0.2) is 19.8 Å². The number of aliphatic imine (C=N–C) groups is 1. The highest BCUT2D eigenvalue weighted by Crippen LogP contribution is 1.87. The van der Waals surface area contributed by atoms with Crippen molar-refractivity contribution in [3.63, 3.8) is 0 Å². The zero-order valence-corrected chi connectivity index (χ0v) is 5.17. The lowest BCUT2D eigenvalue weighted by Crippen LogP contribution is -1.81. The van der Waals surface area contributed by atoms with E-state index in [0.717, 1.165) is 13.0 Å². The van der Waals surface area contributed by atoms with Gasteiger partial charge in [0.1, 0.15) is 0 Å². The molecule has 0 atom stereocenters. The van der Waals surface area contributed by atoms with Crippen LogP contribution in [0.3, 0.4) is 0 Å². The normalized spacial score (nSPS) is 14.8. The van der Waals surface area contributed by atoms with Gasteiger partial charge in [-0.15, -0.1) is 0 Å². The third-order valence-electron chi connectivity index (χ3n) is 0.752. The van der Waals surface area contributed by atoms with Gasteiger partial charge >= 0.3 is 0 Å². The topological polar surface area (TPSA) is 38.4 Å². The lowest BCUT2D eigenvalue weighted by molar-refractivity contribution is 1.00. The summed E-state index contributed by atoms with van der Waals surface area (Å²) in [5, 5.41) is 0. The van der Waals surface area contributed by atoms with E-state index in [1.54, 1.807) is 0 Å². The van der Waals surface area contributed by atoms with Crippen molar-refractivity contribution in [1.82, 2.24) is 0 Å². The first-order chi connectivity index (χ1) is 4.00. The van der Waals surface area contributed by atoms with E-state index in [2.05, 4.69) is 16.8 Å². The molecule has 0 aliphatic carbocycles.